The number of ether oxygens (including phenoxy) is 5. The monoisotopic (exact) mass is 921 g/mol. The van der Waals surface area contributed by atoms with Crippen molar-refractivity contribution in [3.8, 4) is 0 Å². The third-order valence-corrected chi connectivity index (χ3v) is 11.9. The zero-order valence-electron chi connectivity index (χ0n) is 36.7. The van der Waals surface area contributed by atoms with Crippen molar-refractivity contribution in [1.29, 1.82) is 0 Å². The molecular formula is C41H71N5O16S. The summed E-state index contributed by atoms with van der Waals surface area (Å²) >= 11 is 1.21. The van der Waals surface area contributed by atoms with E-state index in [9.17, 15) is 54.9 Å². The van der Waals surface area contributed by atoms with Crippen molar-refractivity contribution >= 4 is 41.3 Å². The van der Waals surface area contributed by atoms with Crippen LogP contribution in [-0.4, -0.2) is 173 Å². The second-order valence-corrected chi connectivity index (χ2v) is 17.1. The van der Waals surface area contributed by atoms with Gasteiger partial charge in [0.2, 0.25) is 11.8 Å². The number of unbranched alkanes of at least 4 members (excludes halogenated alkanes) is 9. The van der Waals surface area contributed by atoms with Crippen LogP contribution in [0.1, 0.15) is 123 Å². The molecular weight excluding hydrogens is 851 g/mol. The quantitative estimate of drug-likeness (QED) is 0.0377. The molecule has 2 fully saturated rings. The lowest BCUT2D eigenvalue weighted by Gasteiger charge is -2.45. The maximum absolute atomic E-state index is 13.7. The zero-order chi connectivity index (χ0) is 46.3. The first kappa shape index (κ1) is 54.3. The molecule has 9 N–H and O–H groups in total. The predicted octanol–water partition coefficient (Wildman–Crippen LogP) is 0.597. The van der Waals surface area contributed by atoms with Crippen LogP contribution in [0.4, 0.5) is 5.82 Å². The number of aliphatic hydroxyl groups is 7. The molecule has 3 heterocycles. The summed E-state index contributed by atoms with van der Waals surface area (Å²) < 4.78 is 28.9. The Labute approximate surface area is 372 Å². The Morgan fingerprint density at radius 3 is 1.98 bits per heavy atom. The third-order valence-electron chi connectivity index (χ3n) is 10.7. The number of nitrogens with one attached hydrogen (secondary N) is 2. The summed E-state index contributed by atoms with van der Waals surface area (Å²) in [7, 11) is 0. The third kappa shape index (κ3) is 18.1. The number of hydrogen-bond acceptors (Lipinski definition) is 19. The summed E-state index contributed by atoms with van der Waals surface area (Å²) in [4.78, 5) is 52.0. The summed E-state index contributed by atoms with van der Waals surface area (Å²) in [5, 5.41) is 85.7. The van der Waals surface area contributed by atoms with E-state index in [1.54, 1.807) is 0 Å². The Morgan fingerprint density at radius 1 is 0.746 bits per heavy atom. The van der Waals surface area contributed by atoms with E-state index in [-0.39, 0.29) is 49.1 Å². The van der Waals surface area contributed by atoms with E-state index >= 15 is 0 Å². The Bertz CT molecular complexity index is 1490. The molecule has 0 radical (unpaired) electrons. The van der Waals surface area contributed by atoms with Crippen LogP contribution in [0.5, 0.6) is 0 Å². The number of carbonyl (C=O) groups is 4. The van der Waals surface area contributed by atoms with E-state index in [4.69, 9.17) is 23.7 Å². The second kappa shape index (κ2) is 29.5. The molecule has 1 aromatic rings. The number of amides is 2. The number of rotatable bonds is 30. The summed E-state index contributed by atoms with van der Waals surface area (Å²) in [6.07, 6.45) is -4.80. The molecule has 21 nitrogen and oxygen atoms in total. The van der Waals surface area contributed by atoms with Crippen molar-refractivity contribution in [2.75, 3.05) is 36.6 Å². The van der Waals surface area contributed by atoms with Crippen molar-refractivity contribution in [2.24, 2.45) is 0 Å². The van der Waals surface area contributed by atoms with Gasteiger partial charge in [0.1, 0.15) is 67.6 Å². The average Bonchev–Trinajstić information content (AvgIpc) is 3.73. The van der Waals surface area contributed by atoms with Crippen LogP contribution in [0.25, 0.3) is 0 Å². The summed E-state index contributed by atoms with van der Waals surface area (Å²) in [6.45, 7) is 4.51. The van der Waals surface area contributed by atoms with Gasteiger partial charge in [-0.15, -0.1) is 5.10 Å². The van der Waals surface area contributed by atoms with Gasteiger partial charge in [0.15, 0.2) is 18.3 Å². The van der Waals surface area contributed by atoms with Crippen molar-refractivity contribution in [1.82, 2.24) is 20.3 Å². The summed E-state index contributed by atoms with van der Waals surface area (Å²) in [5.41, 5.74) is 0. The molecule has 9 unspecified atom stereocenters. The number of hydrogen-bond donors (Lipinski definition) is 9. The Balaban J connectivity index is 1.69. The number of anilines is 1. The molecule has 1 aromatic heterocycles. The summed E-state index contributed by atoms with van der Waals surface area (Å²) in [5.74, 6) is -1.79. The van der Waals surface area contributed by atoms with E-state index in [0.29, 0.717) is 19.3 Å². The topological polar surface area (TPSA) is 311 Å². The van der Waals surface area contributed by atoms with Crippen LogP contribution in [0.3, 0.4) is 0 Å². The lowest BCUT2D eigenvalue weighted by molar-refractivity contribution is -0.347. The van der Waals surface area contributed by atoms with Crippen LogP contribution in [0.2, 0.25) is 0 Å². The molecule has 0 aliphatic carbocycles. The largest absolute Gasteiger partial charge is 0.462 e. The van der Waals surface area contributed by atoms with E-state index in [1.165, 1.54) is 18.0 Å². The molecule has 63 heavy (non-hydrogen) atoms. The van der Waals surface area contributed by atoms with Crippen LogP contribution in [0.15, 0.2) is 6.20 Å². The van der Waals surface area contributed by atoms with Gasteiger partial charge in [-0.05, 0) is 19.3 Å². The number of aliphatic hydroxyl groups excluding tert-OH is 7. The predicted molar refractivity (Wildman–Crippen MR) is 227 cm³/mol. The molecule has 0 bridgehead atoms. The smallest absolute Gasteiger partial charge is 0.306 e. The Kier molecular flexibility index (Phi) is 25.4. The highest BCUT2D eigenvalue weighted by Crippen LogP contribution is 2.33. The first-order chi connectivity index (χ1) is 30.3. The van der Waals surface area contributed by atoms with Crippen molar-refractivity contribution in [3.63, 3.8) is 0 Å². The lowest BCUT2D eigenvalue weighted by atomic mass is 9.96. The van der Waals surface area contributed by atoms with Gasteiger partial charge in [0.05, 0.1) is 19.4 Å². The van der Waals surface area contributed by atoms with Crippen LogP contribution in [-0.2, 0) is 42.9 Å². The minimum absolute atomic E-state index is 0.0286. The SMILES string of the molecule is CCCCCCC(=O)N[C@H](CSC[C@@H](COC(=O)CCCCCC)OC(=O)CCCCCC)C(=O)Nc1cn([C@@H]2OC(CO)C(OC3OC(CO)C(O)C(O)C3O)C(O)C2O)nn1. The first-order valence-electron chi connectivity index (χ1n) is 22.3. The number of carbonyl (C=O) groups excluding carboxylic acids is 4. The van der Waals surface area contributed by atoms with Gasteiger partial charge in [-0.3, -0.25) is 19.2 Å². The molecule has 22 heteroatoms. The average molecular weight is 922 g/mol. The van der Waals surface area contributed by atoms with Crippen molar-refractivity contribution < 1.29 is 78.6 Å². The van der Waals surface area contributed by atoms with E-state index < -0.39 is 105 Å². The highest BCUT2D eigenvalue weighted by Gasteiger charge is 2.51. The normalized spacial score (nSPS) is 27.0. The minimum atomic E-state index is -1.84. The molecule has 2 saturated heterocycles. The Hall–Kier alpha value is -3.03. The molecule has 2 amide bonds. The number of aromatic nitrogens is 3. The van der Waals surface area contributed by atoms with Gasteiger partial charge in [-0.25, -0.2) is 4.68 Å². The first-order valence-corrected chi connectivity index (χ1v) is 23.5. The highest BCUT2D eigenvalue weighted by molar-refractivity contribution is 7.99. The van der Waals surface area contributed by atoms with Crippen LogP contribution < -0.4 is 10.6 Å². The molecule has 3 rings (SSSR count). The number of nitrogens with zero attached hydrogens (tertiary/aromatic N) is 3. The molecule has 0 aromatic carbocycles. The number of esters is 2. The second-order valence-electron chi connectivity index (χ2n) is 16.0. The molecule has 12 atom stereocenters. The fourth-order valence-corrected chi connectivity index (χ4v) is 7.98. The van der Waals surface area contributed by atoms with Gasteiger partial charge in [0.25, 0.3) is 0 Å². The number of thioether (sulfide) groups is 1. The van der Waals surface area contributed by atoms with Gasteiger partial charge >= 0.3 is 11.9 Å². The van der Waals surface area contributed by atoms with Crippen LogP contribution >= 0.6 is 11.8 Å². The molecule has 2 aliphatic rings. The van der Waals surface area contributed by atoms with E-state index in [1.807, 2.05) is 6.92 Å². The molecule has 0 spiro atoms. The van der Waals surface area contributed by atoms with Gasteiger partial charge in [-0.1, -0.05) is 83.8 Å². The van der Waals surface area contributed by atoms with Gasteiger partial charge in [-0.2, -0.15) is 11.8 Å². The molecule has 362 valence electrons. The molecule has 0 saturated carbocycles. The lowest BCUT2D eigenvalue weighted by Crippen LogP contribution is -2.63. The fourth-order valence-electron chi connectivity index (χ4n) is 6.95. The van der Waals surface area contributed by atoms with E-state index in [0.717, 1.165) is 62.5 Å². The standard InChI is InChI=1S/C41H71N5O16S/c1-4-7-10-13-16-30(49)42-26(24-63-23-25(59-32(51)18-15-12-9-6-3)22-58-31(50)17-14-11-8-5-2)39(57)43-29-19-46(45-44-29)40-36(55)35(54)38(28(21-48)60-40)62-41-37(56)34(53)33(52)27(20-47)61-41/h19,25-28,33-38,40-41,47-48,52-56H,4-18,20-24H2,1-3H3,(H,42,49)(H,43,57)/t25-,26-,27?,28?,33?,34?,35?,36?,37?,38?,40-,41?/m1/s1. The molecule has 2 aliphatic heterocycles. The maximum Gasteiger partial charge on any atom is 0.306 e. The van der Waals surface area contributed by atoms with E-state index in [2.05, 4.69) is 34.8 Å². The van der Waals surface area contributed by atoms with Crippen molar-refractivity contribution in [3.05, 3.63) is 6.20 Å². The summed E-state index contributed by atoms with van der Waals surface area (Å²) in [6, 6.07) is -1.11. The maximum atomic E-state index is 13.7. The van der Waals surface area contributed by atoms with Crippen LogP contribution in [0, 0.1) is 0 Å². The van der Waals surface area contributed by atoms with Gasteiger partial charge < -0.3 is 70.1 Å². The fraction of sp³-hybridized carbons (Fsp3) is 0.854. The Morgan fingerprint density at radius 2 is 1.37 bits per heavy atom. The zero-order valence-corrected chi connectivity index (χ0v) is 37.5. The highest BCUT2D eigenvalue weighted by atomic mass is 32.2. The van der Waals surface area contributed by atoms with Gasteiger partial charge in [0, 0.05) is 30.8 Å². The van der Waals surface area contributed by atoms with Crippen molar-refractivity contribution in [2.45, 2.75) is 191 Å². The minimum Gasteiger partial charge on any atom is -0.462 e.